The molecule has 2 aromatic rings. The molecule has 2 nitrogen and oxygen atoms in total. The second-order valence-corrected chi connectivity index (χ2v) is 6.29. The summed E-state index contributed by atoms with van der Waals surface area (Å²) in [5, 5.41) is 0.670. The number of anilines is 1. The van der Waals surface area contributed by atoms with E-state index >= 15 is 0 Å². The molecular weight excluding hydrogens is 266 g/mol. The van der Waals surface area contributed by atoms with Crippen LogP contribution in [-0.2, 0) is 6.42 Å². The van der Waals surface area contributed by atoms with Crippen LogP contribution < -0.4 is 9.64 Å². The van der Waals surface area contributed by atoms with Gasteiger partial charge in [-0.2, -0.15) is 0 Å². The molecule has 1 aliphatic heterocycles. The average molecular weight is 285 g/mol. The first kappa shape index (κ1) is 13.4. The van der Waals surface area contributed by atoms with Crippen molar-refractivity contribution in [2.24, 2.45) is 0 Å². The predicted octanol–water partition coefficient (Wildman–Crippen LogP) is 3.82. The van der Waals surface area contributed by atoms with Gasteiger partial charge in [-0.25, -0.2) is 0 Å². The van der Waals surface area contributed by atoms with Crippen molar-refractivity contribution in [3.8, 4) is 5.75 Å². The van der Waals surface area contributed by atoms with Crippen LogP contribution in [0.1, 0.15) is 5.56 Å². The number of ether oxygens (including phenoxy) is 1. The molecule has 1 atom stereocenters. The van der Waals surface area contributed by atoms with Crippen molar-refractivity contribution >= 4 is 17.4 Å². The van der Waals surface area contributed by atoms with Gasteiger partial charge in [-0.1, -0.05) is 30.3 Å². The fourth-order valence-electron chi connectivity index (χ4n) is 2.51. The van der Waals surface area contributed by atoms with Crippen LogP contribution in [0.5, 0.6) is 5.75 Å². The Kier molecular flexibility index (Phi) is 4.16. The van der Waals surface area contributed by atoms with Crippen LogP contribution in [0.3, 0.4) is 0 Å². The maximum absolute atomic E-state index is 5.20. The molecule has 0 spiro atoms. The molecule has 2 aromatic carbocycles. The molecule has 1 heterocycles. The molecule has 0 radical (unpaired) electrons. The van der Waals surface area contributed by atoms with Crippen molar-refractivity contribution in [2.45, 2.75) is 11.7 Å². The number of hydrogen-bond donors (Lipinski definition) is 0. The van der Waals surface area contributed by atoms with Gasteiger partial charge in [0.1, 0.15) is 5.75 Å². The summed E-state index contributed by atoms with van der Waals surface area (Å²) in [7, 11) is 1.71. The lowest BCUT2D eigenvalue weighted by Gasteiger charge is -2.17. The highest BCUT2D eigenvalue weighted by Gasteiger charge is 2.23. The molecule has 3 rings (SSSR count). The van der Waals surface area contributed by atoms with Crippen molar-refractivity contribution in [3.05, 3.63) is 60.2 Å². The third-order valence-electron chi connectivity index (χ3n) is 3.63. The van der Waals surface area contributed by atoms with Crippen LogP contribution in [0.25, 0.3) is 0 Å². The van der Waals surface area contributed by atoms with Crippen LogP contribution >= 0.6 is 11.8 Å². The first-order valence-electron chi connectivity index (χ1n) is 6.89. The maximum Gasteiger partial charge on any atom is 0.118 e. The van der Waals surface area contributed by atoms with Gasteiger partial charge in [-0.05, 0) is 36.2 Å². The highest BCUT2D eigenvalue weighted by Crippen LogP contribution is 2.30. The Bertz CT molecular complexity index is 541. The standard InChI is InChI=1S/C17H19NOS/c1-19-16-9-7-14(8-10-16)11-17-12-18(13-20-17)15-5-3-2-4-6-15/h2-10,17H,11-13H2,1H3. The van der Waals surface area contributed by atoms with Crippen molar-refractivity contribution in [2.75, 3.05) is 24.4 Å². The first-order chi connectivity index (χ1) is 9.85. The minimum Gasteiger partial charge on any atom is -0.497 e. The van der Waals surface area contributed by atoms with Gasteiger partial charge in [0.25, 0.3) is 0 Å². The largest absolute Gasteiger partial charge is 0.497 e. The van der Waals surface area contributed by atoms with E-state index in [9.17, 15) is 0 Å². The lowest BCUT2D eigenvalue weighted by atomic mass is 10.1. The minimum absolute atomic E-state index is 0.670. The van der Waals surface area contributed by atoms with Crippen LogP contribution in [0, 0.1) is 0 Å². The van der Waals surface area contributed by atoms with Crippen molar-refractivity contribution in [1.82, 2.24) is 0 Å². The second kappa shape index (κ2) is 6.23. The van der Waals surface area contributed by atoms with Gasteiger partial charge in [0.2, 0.25) is 0 Å². The second-order valence-electron chi connectivity index (χ2n) is 5.03. The molecule has 0 saturated carbocycles. The molecule has 0 amide bonds. The molecule has 1 unspecified atom stereocenters. The molecule has 1 aliphatic rings. The molecule has 104 valence electrons. The molecule has 1 saturated heterocycles. The third-order valence-corrected chi connectivity index (χ3v) is 4.88. The van der Waals surface area contributed by atoms with Crippen molar-refractivity contribution in [1.29, 1.82) is 0 Å². The van der Waals surface area contributed by atoms with E-state index in [1.165, 1.54) is 11.3 Å². The zero-order chi connectivity index (χ0) is 13.8. The average Bonchev–Trinajstić information content (AvgIpc) is 2.97. The zero-order valence-electron chi connectivity index (χ0n) is 11.7. The SMILES string of the molecule is COc1ccc(CC2CN(c3ccccc3)CS2)cc1. The number of nitrogens with zero attached hydrogens (tertiary/aromatic N) is 1. The Labute approximate surface area is 124 Å². The number of thioether (sulfide) groups is 1. The van der Waals surface area contributed by atoms with E-state index in [1.54, 1.807) is 7.11 Å². The molecule has 1 fully saturated rings. The predicted molar refractivity (Wildman–Crippen MR) is 86.7 cm³/mol. The lowest BCUT2D eigenvalue weighted by molar-refractivity contribution is 0.414. The first-order valence-corrected chi connectivity index (χ1v) is 7.94. The summed E-state index contributed by atoms with van der Waals surface area (Å²) in [6, 6.07) is 19.1. The zero-order valence-corrected chi connectivity index (χ0v) is 12.5. The van der Waals surface area contributed by atoms with E-state index in [0.717, 1.165) is 24.6 Å². The number of methoxy groups -OCH3 is 1. The highest BCUT2D eigenvalue weighted by atomic mass is 32.2. The molecule has 0 aliphatic carbocycles. The third kappa shape index (κ3) is 3.10. The number of para-hydroxylation sites is 1. The minimum atomic E-state index is 0.670. The van der Waals surface area contributed by atoms with E-state index in [0.29, 0.717) is 5.25 Å². The van der Waals surface area contributed by atoms with E-state index in [-0.39, 0.29) is 0 Å². The summed E-state index contributed by atoms with van der Waals surface area (Å²) in [5.41, 5.74) is 2.72. The fraction of sp³-hybridized carbons (Fsp3) is 0.294. The normalized spacial score (nSPS) is 18.2. The number of benzene rings is 2. The summed E-state index contributed by atoms with van der Waals surface area (Å²) in [5.74, 6) is 2.02. The molecule has 0 bridgehead atoms. The van der Waals surface area contributed by atoms with Gasteiger partial charge in [0, 0.05) is 17.5 Å². The lowest BCUT2D eigenvalue weighted by Crippen LogP contribution is -2.22. The van der Waals surface area contributed by atoms with E-state index in [1.807, 2.05) is 23.9 Å². The molecule has 3 heteroatoms. The molecule has 0 aromatic heterocycles. The summed E-state index contributed by atoms with van der Waals surface area (Å²) in [6.45, 7) is 1.13. The van der Waals surface area contributed by atoms with E-state index in [4.69, 9.17) is 4.74 Å². The van der Waals surface area contributed by atoms with Crippen molar-refractivity contribution in [3.63, 3.8) is 0 Å². The summed E-state index contributed by atoms with van der Waals surface area (Å²) in [4.78, 5) is 2.46. The van der Waals surface area contributed by atoms with Gasteiger partial charge in [-0.15, -0.1) is 11.8 Å². The van der Waals surface area contributed by atoms with Gasteiger partial charge >= 0.3 is 0 Å². The highest BCUT2D eigenvalue weighted by molar-refractivity contribution is 8.00. The Balaban J connectivity index is 1.60. The van der Waals surface area contributed by atoms with Gasteiger partial charge in [0.15, 0.2) is 0 Å². The van der Waals surface area contributed by atoms with Gasteiger partial charge < -0.3 is 9.64 Å². The smallest absolute Gasteiger partial charge is 0.118 e. The quantitative estimate of drug-likeness (QED) is 0.847. The van der Waals surface area contributed by atoms with E-state index < -0.39 is 0 Å². The Morgan fingerprint density at radius 2 is 1.85 bits per heavy atom. The van der Waals surface area contributed by atoms with Crippen LogP contribution in [0.15, 0.2) is 54.6 Å². The number of hydrogen-bond acceptors (Lipinski definition) is 3. The van der Waals surface area contributed by atoms with Crippen LogP contribution in [-0.4, -0.2) is 24.8 Å². The molecule has 0 N–H and O–H groups in total. The van der Waals surface area contributed by atoms with Gasteiger partial charge in [-0.3, -0.25) is 0 Å². The maximum atomic E-state index is 5.20. The Morgan fingerprint density at radius 1 is 1.10 bits per heavy atom. The van der Waals surface area contributed by atoms with Crippen molar-refractivity contribution < 1.29 is 4.74 Å². The Morgan fingerprint density at radius 3 is 2.55 bits per heavy atom. The summed E-state index contributed by atoms with van der Waals surface area (Å²) in [6.07, 6.45) is 1.12. The molecular formula is C17H19NOS. The summed E-state index contributed by atoms with van der Waals surface area (Å²) >= 11 is 2.04. The molecule has 20 heavy (non-hydrogen) atoms. The monoisotopic (exact) mass is 285 g/mol. The van der Waals surface area contributed by atoms with Gasteiger partial charge in [0.05, 0.1) is 13.0 Å². The summed E-state index contributed by atoms with van der Waals surface area (Å²) < 4.78 is 5.20. The topological polar surface area (TPSA) is 12.5 Å². The Hall–Kier alpha value is -1.61. The number of rotatable bonds is 4. The fourth-order valence-corrected chi connectivity index (χ4v) is 3.75. The van der Waals surface area contributed by atoms with Crippen LogP contribution in [0.2, 0.25) is 0 Å². The van der Waals surface area contributed by atoms with Crippen LogP contribution in [0.4, 0.5) is 5.69 Å². The van der Waals surface area contributed by atoms with E-state index in [2.05, 4.69) is 47.4 Å².